The first-order chi connectivity index (χ1) is 19.0. The number of benzene rings is 1. The van der Waals surface area contributed by atoms with Crippen LogP contribution < -0.4 is 11.1 Å². The molecule has 1 aliphatic heterocycles. The van der Waals surface area contributed by atoms with Crippen molar-refractivity contribution in [2.45, 2.75) is 57.0 Å². The Hall–Kier alpha value is -4.29. The minimum Gasteiger partial charge on any atom is -0.507 e. The topological polar surface area (TPSA) is 131 Å². The first-order valence-corrected chi connectivity index (χ1v) is 12.9. The lowest BCUT2D eigenvalue weighted by atomic mass is 9.77. The Labute approximate surface area is 225 Å². The fourth-order valence-corrected chi connectivity index (χ4v) is 5.87. The van der Waals surface area contributed by atoms with Gasteiger partial charge in [-0.25, -0.2) is 24.3 Å². The van der Waals surface area contributed by atoms with Gasteiger partial charge in [-0.3, -0.25) is 4.79 Å². The number of anilines is 2. The molecule has 6 rings (SSSR count). The number of nitrogens with two attached hydrogens (primary N) is 1. The monoisotopic (exact) mass is 555 g/mol. The number of nitrogen functional groups attached to an aromatic ring is 1. The molecule has 0 radical (unpaired) electrons. The van der Waals surface area contributed by atoms with E-state index in [-0.39, 0.29) is 28.6 Å². The number of nitrogens with one attached hydrogen (secondary N) is 1. The van der Waals surface area contributed by atoms with Crippen LogP contribution in [-0.4, -0.2) is 35.4 Å². The lowest BCUT2D eigenvalue weighted by molar-refractivity contribution is -0.141. The van der Waals surface area contributed by atoms with Gasteiger partial charge in [0, 0.05) is 18.6 Å². The van der Waals surface area contributed by atoms with Crippen molar-refractivity contribution in [1.82, 2.24) is 24.3 Å². The number of aromatic nitrogens is 5. The third kappa shape index (κ3) is 4.11. The lowest BCUT2D eigenvalue weighted by Crippen LogP contribution is -2.33. The molecule has 0 spiro atoms. The highest BCUT2D eigenvalue weighted by Gasteiger charge is 2.49. The van der Waals surface area contributed by atoms with Gasteiger partial charge in [0.15, 0.2) is 11.5 Å². The van der Waals surface area contributed by atoms with Gasteiger partial charge in [-0.2, -0.15) is 13.2 Å². The van der Waals surface area contributed by atoms with E-state index in [0.29, 0.717) is 23.7 Å². The van der Waals surface area contributed by atoms with Gasteiger partial charge in [0.2, 0.25) is 5.91 Å². The molecule has 4 N–H and O–H groups in total. The number of phenols is 1. The van der Waals surface area contributed by atoms with Gasteiger partial charge in [-0.1, -0.05) is 32.1 Å². The van der Waals surface area contributed by atoms with Gasteiger partial charge < -0.3 is 20.6 Å². The third-order valence-electron chi connectivity index (χ3n) is 7.93. The molecular formula is C27H25F4N7O2. The van der Waals surface area contributed by atoms with Crippen LogP contribution in [0.5, 0.6) is 5.75 Å². The van der Waals surface area contributed by atoms with E-state index in [1.807, 2.05) is 4.40 Å². The Bertz CT molecular complexity index is 1640. The van der Waals surface area contributed by atoms with Gasteiger partial charge in [-0.05, 0) is 37.0 Å². The number of alkyl halides is 3. The number of imidazole rings is 1. The van der Waals surface area contributed by atoms with Crippen LogP contribution >= 0.6 is 0 Å². The average molecular weight is 556 g/mol. The van der Waals surface area contributed by atoms with Gasteiger partial charge in [0.1, 0.15) is 39.9 Å². The van der Waals surface area contributed by atoms with E-state index in [4.69, 9.17) is 10.7 Å². The Morgan fingerprint density at radius 1 is 1.18 bits per heavy atom. The zero-order chi connectivity index (χ0) is 28.4. The normalized spacial score (nSPS) is 19.7. The van der Waals surface area contributed by atoms with Crippen LogP contribution in [0.2, 0.25) is 0 Å². The fourth-order valence-electron chi connectivity index (χ4n) is 5.87. The number of nitrogens with zero attached hydrogens (tertiary/aromatic N) is 5. The highest BCUT2D eigenvalue weighted by molar-refractivity contribution is 6.09. The smallest absolute Gasteiger partial charge is 0.422 e. The second-order valence-electron chi connectivity index (χ2n) is 10.5. The minimum absolute atomic E-state index is 0.0242. The van der Waals surface area contributed by atoms with Crippen LogP contribution in [0.4, 0.5) is 29.2 Å². The van der Waals surface area contributed by atoms with Crippen molar-refractivity contribution >= 4 is 23.2 Å². The molecule has 4 heterocycles. The maximum atomic E-state index is 14.5. The lowest BCUT2D eigenvalue weighted by Gasteiger charge is -2.24. The molecular weight excluding hydrogens is 530 g/mol. The summed E-state index contributed by atoms with van der Waals surface area (Å²) in [5.41, 5.74) is 4.47. The predicted molar refractivity (Wildman–Crippen MR) is 137 cm³/mol. The molecule has 3 aromatic heterocycles. The van der Waals surface area contributed by atoms with Crippen LogP contribution in [0.1, 0.15) is 61.4 Å². The van der Waals surface area contributed by atoms with Gasteiger partial charge in [-0.15, -0.1) is 0 Å². The number of hydrogen-bond donors (Lipinski definition) is 3. The molecule has 1 aliphatic carbocycles. The fraction of sp³-hybridized carbons (Fsp3) is 0.370. The molecule has 208 valence electrons. The number of carbonyl (C=O) groups is 1. The summed E-state index contributed by atoms with van der Waals surface area (Å²) in [5.74, 6) is -3.27. The van der Waals surface area contributed by atoms with E-state index < -0.39 is 34.6 Å². The van der Waals surface area contributed by atoms with Crippen LogP contribution in [0.25, 0.3) is 17.2 Å². The Balaban J connectivity index is 1.43. The summed E-state index contributed by atoms with van der Waals surface area (Å²) < 4.78 is 56.0. The number of amides is 1. The molecule has 0 unspecified atom stereocenters. The average Bonchev–Trinajstić information content (AvgIpc) is 3.46. The van der Waals surface area contributed by atoms with Crippen molar-refractivity contribution in [3.8, 4) is 17.3 Å². The number of hydrogen-bond acceptors (Lipinski definition) is 7. The van der Waals surface area contributed by atoms with Crippen LogP contribution in [0, 0.1) is 11.7 Å². The number of carbonyl (C=O) groups excluding carboxylic acids is 1. The summed E-state index contributed by atoms with van der Waals surface area (Å²) in [6.45, 7) is 1.35. The first-order valence-electron chi connectivity index (χ1n) is 12.9. The zero-order valence-electron chi connectivity index (χ0n) is 21.4. The maximum absolute atomic E-state index is 14.5. The van der Waals surface area contributed by atoms with Crippen LogP contribution in [-0.2, 0) is 22.8 Å². The minimum atomic E-state index is -5.13. The molecule has 13 heteroatoms. The number of phenolic OH excluding ortho intramolecular Hbond substituents is 1. The van der Waals surface area contributed by atoms with Crippen molar-refractivity contribution in [1.29, 1.82) is 0 Å². The Morgan fingerprint density at radius 3 is 2.62 bits per heavy atom. The van der Waals surface area contributed by atoms with E-state index in [1.54, 1.807) is 18.6 Å². The molecule has 1 fully saturated rings. The SMILES string of the molecule is C[C@@]1(c2cc(O)c(C(F)(F)F)c(F)c2)C(=O)Nc2nc(-c3cn4ccnc4c(CC4CCCCC4)n3)nc(N)c21. The Kier molecular flexibility index (Phi) is 5.93. The molecule has 1 atom stereocenters. The molecule has 40 heavy (non-hydrogen) atoms. The molecule has 1 aromatic carbocycles. The number of aromatic hydroxyl groups is 1. The highest BCUT2D eigenvalue weighted by atomic mass is 19.4. The van der Waals surface area contributed by atoms with Crippen molar-refractivity contribution in [3.05, 3.63) is 58.9 Å². The van der Waals surface area contributed by atoms with Crippen molar-refractivity contribution in [2.24, 2.45) is 5.92 Å². The quantitative estimate of drug-likeness (QED) is 0.302. The number of fused-ring (bicyclic) bond motifs is 2. The third-order valence-corrected chi connectivity index (χ3v) is 7.93. The van der Waals surface area contributed by atoms with Gasteiger partial charge in [0.25, 0.3) is 0 Å². The summed E-state index contributed by atoms with van der Waals surface area (Å²) in [6, 6.07) is 1.27. The highest BCUT2D eigenvalue weighted by Crippen LogP contribution is 2.47. The summed E-state index contributed by atoms with van der Waals surface area (Å²) in [5, 5.41) is 12.6. The van der Waals surface area contributed by atoms with Crippen molar-refractivity contribution < 1.29 is 27.5 Å². The van der Waals surface area contributed by atoms with Gasteiger partial charge in [0.05, 0.1) is 11.3 Å². The summed E-state index contributed by atoms with van der Waals surface area (Å²) in [6.07, 6.45) is 6.60. The van der Waals surface area contributed by atoms with Crippen LogP contribution in [0.15, 0.2) is 30.7 Å². The van der Waals surface area contributed by atoms with Crippen LogP contribution in [0.3, 0.4) is 0 Å². The summed E-state index contributed by atoms with van der Waals surface area (Å²) in [7, 11) is 0. The van der Waals surface area contributed by atoms with E-state index >= 15 is 0 Å². The van der Waals surface area contributed by atoms with E-state index in [1.165, 1.54) is 26.2 Å². The maximum Gasteiger partial charge on any atom is 0.422 e. The molecule has 9 nitrogen and oxygen atoms in total. The Morgan fingerprint density at radius 2 is 1.93 bits per heavy atom. The van der Waals surface area contributed by atoms with E-state index in [9.17, 15) is 27.5 Å². The van der Waals surface area contributed by atoms with E-state index in [2.05, 4.69) is 20.3 Å². The second kappa shape index (κ2) is 9.14. The molecule has 4 aromatic rings. The van der Waals surface area contributed by atoms with Crippen molar-refractivity contribution in [3.63, 3.8) is 0 Å². The standard InChI is InChI=1S/C27H25F4N7O2/c1-26(14-10-15(28)19(18(39)11-14)27(29,30)31)20-21(32)35-22(36-23(20)37-25(26)40)17-12-38-8-7-33-24(38)16(34-17)9-13-5-3-2-4-6-13/h7-8,10-13,39H,2-6,9H2,1H3,(H3,32,35,36,37,40)/t26-/m0/s1. The molecule has 0 bridgehead atoms. The molecule has 2 aliphatic rings. The van der Waals surface area contributed by atoms with E-state index in [0.717, 1.165) is 30.6 Å². The number of halogens is 4. The summed E-state index contributed by atoms with van der Waals surface area (Å²) >= 11 is 0. The molecule has 0 saturated heterocycles. The number of rotatable bonds is 4. The predicted octanol–water partition coefficient (Wildman–Crippen LogP) is 5.01. The largest absolute Gasteiger partial charge is 0.507 e. The second-order valence-corrected chi connectivity index (χ2v) is 10.5. The summed E-state index contributed by atoms with van der Waals surface area (Å²) in [4.78, 5) is 31.3. The first kappa shape index (κ1) is 26.0. The van der Waals surface area contributed by atoms with Crippen molar-refractivity contribution in [2.75, 3.05) is 11.1 Å². The zero-order valence-corrected chi connectivity index (χ0v) is 21.4. The van der Waals surface area contributed by atoms with Gasteiger partial charge >= 0.3 is 6.18 Å². The molecule has 1 amide bonds. The molecule has 1 saturated carbocycles.